The third-order valence-corrected chi connectivity index (χ3v) is 6.39. The minimum Gasteiger partial charge on any atom is -0.481 e. The number of benzene rings is 2. The third kappa shape index (κ3) is 3.44. The van der Waals surface area contributed by atoms with E-state index in [0.29, 0.717) is 44.6 Å². The fourth-order valence-electron chi connectivity index (χ4n) is 4.97. The van der Waals surface area contributed by atoms with Crippen LogP contribution in [0.5, 0.6) is 5.88 Å². The van der Waals surface area contributed by atoms with E-state index in [0.717, 1.165) is 16.6 Å². The first-order chi connectivity index (χ1) is 18.0. The molecule has 0 aliphatic heterocycles. The minimum absolute atomic E-state index is 0.157. The number of furan rings is 1. The summed E-state index contributed by atoms with van der Waals surface area (Å²) in [5.41, 5.74) is 4.15. The van der Waals surface area contributed by atoms with Crippen molar-refractivity contribution in [3.05, 3.63) is 84.3 Å². The van der Waals surface area contributed by atoms with Gasteiger partial charge < -0.3 is 18.5 Å². The number of aryl methyl sites for hydroxylation is 1. The number of pyridine rings is 2. The number of esters is 1. The molecule has 37 heavy (non-hydrogen) atoms. The molecule has 0 aliphatic carbocycles. The molecule has 6 aromatic rings. The van der Waals surface area contributed by atoms with Gasteiger partial charge in [0.15, 0.2) is 0 Å². The van der Waals surface area contributed by atoms with Gasteiger partial charge in [-0.05, 0) is 50.2 Å². The van der Waals surface area contributed by atoms with Crippen LogP contribution in [0.1, 0.15) is 23.1 Å². The van der Waals surface area contributed by atoms with E-state index in [9.17, 15) is 4.79 Å². The van der Waals surface area contributed by atoms with E-state index in [1.807, 2.05) is 43.3 Å². The highest BCUT2D eigenvalue weighted by Gasteiger charge is 2.31. The molecular formula is C29H22FN3O4. The Balaban J connectivity index is 1.90. The molecular weight excluding hydrogens is 473 g/mol. The molecule has 0 saturated carbocycles. The van der Waals surface area contributed by atoms with Crippen LogP contribution < -0.4 is 4.74 Å². The lowest BCUT2D eigenvalue weighted by Gasteiger charge is -2.15. The Kier molecular flexibility index (Phi) is 5.37. The molecule has 0 amide bonds. The Bertz CT molecular complexity index is 1840. The summed E-state index contributed by atoms with van der Waals surface area (Å²) in [4.78, 5) is 22.8. The zero-order valence-corrected chi connectivity index (χ0v) is 20.4. The van der Waals surface area contributed by atoms with Crippen molar-refractivity contribution in [3.8, 4) is 22.7 Å². The molecule has 0 saturated heterocycles. The molecule has 0 fully saturated rings. The molecule has 0 aliphatic rings. The van der Waals surface area contributed by atoms with Crippen LogP contribution in [0.15, 0.2) is 71.5 Å². The Morgan fingerprint density at radius 3 is 2.76 bits per heavy atom. The van der Waals surface area contributed by atoms with Crippen LogP contribution >= 0.6 is 0 Å². The summed E-state index contributed by atoms with van der Waals surface area (Å²) in [5, 5.41) is 1.65. The second-order valence-corrected chi connectivity index (χ2v) is 8.56. The van der Waals surface area contributed by atoms with E-state index < -0.39 is 11.8 Å². The summed E-state index contributed by atoms with van der Waals surface area (Å²) in [6.45, 7) is 3.78. The number of aromatic nitrogens is 3. The lowest BCUT2D eigenvalue weighted by Crippen LogP contribution is -2.13. The summed E-state index contributed by atoms with van der Waals surface area (Å²) in [6.07, 6.45) is 3.04. The molecule has 0 unspecified atom stereocenters. The van der Waals surface area contributed by atoms with Gasteiger partial charge >= 0.3 is 5.97 Å². The number of carbonyl (C=O) groups excluding carboxylic acids is 1. The van der Waals surface area contributed by atoms with Gasteiger partial charge in [0.25, 0.3) is 0 Å². The van der Waals surface area contributed by atoms with Crippen molar-refractivity contribution in [1.82, 2.24) is 14.5 Å². The number of halogens is 1. The summed E-state index contributed by atoms with van der Waals surface area (Å²) in [6, 6.07) is 16.0. The average Bonchev–Trinajstić information content (AvgIpc) is 3.52. The Morgan fingerprint density at radius 2 is 1.95 bits per heavy atom. The molecule has 0 N–H and O–H groups in total. The number of para-hydroxylation sites is 1. The number of ether oxygens (including phenoxy) is 2. The predicted molar refractivity (Wildman–Crippen MR) is 139 cm³/mol. The molecule has 0 radical (unpaired) electrons. The van der Waals surface area contributed by atoms with Crippen molar-refractivity contribution in [2.45, 2.75) is 13.8 Å². The van der Waals surface area contributed by atoms with Gasteiger partial charge in [0.1, 0.15) is 17.1 Å². The first kappa shape index (κ1) is 22.7. The topological polar surface area (TPSA) is 79.4 Å². The van der Waals surface area contributed by atoms with Crippen molar-refractivity contribution in [2.24, 2.45) is 0 Å². The maximum absolute atomic E-state index is 15.4. The third-order valence-electron chi connectivity index (χ3n) is 6.39. The highest BCUT2D eigenvalue weighted by molar-refractivity contribution is 6.19. The standard InChI is InChI=1S/C29H22FN3O4/c1-4-36-29(34)26-24(19-9-7-12-31-28(19)35-3)25-23(15-20(30)17-11-13-37-27(17)25)33(26)22-14-16(2)32-21-10-6-5-8-18(21)22/h5-15H,4H2,1-3H3. The van der Waals surface area contributed by atoms with Gasteiger partial charge in [-0.2, -0.15) is 0 Å². The van der Waals surface area contributed by atoms with Gasteiger partial charge in [-0.1, -0.05) is 18.2 Å². The van der Waals surface area contributed by atoms with E-state index in [1.54, 1.807) is 29.8 Å². The Morgan fingerprint density at radius 1 is 1.11 bits per heavy atom. The van der Waals surface area contributed by atoms with E-state index in [4.69, 9.17) is 13.9 Å². The Hall–Kier alpha value is -4.72. The summed E-state index contributed by atoms with van der Waals surface area (Å²) in [7, 11) is 1.51. The minimum atomic E-state index is -0.571. The van der Waals surface area contributed by atoms with Gasteiger partial charge in [-0.15, -0.1) is 0 Å². The lowest BCUT2D eigenvalue weighted by molar-refractivity contribution is 0.0518. The zero-order valence-electron chi connectivity index (χ0n) is 20.4. The van der Waals surface area contributed by atoms with E-state index in [1.165, 1.54) is 19.4 Å². The maximum atomic E-state index is 15.4. The van der Waals surface area contributed by atoms with Gasteiger partial charge in [-0.3, -0.25) is 4.98 Å². The number of rotatable bonds is 5. The SMILES string of the molecule is CCOC(=O)c1c(-c2cccnc2OC)c2c3occc3c(F)cc2n1-c1cc(C)nc2ccccc12. The van der Waals surface area contributed by atoms with Crippen molar-refractivity contribution in [2.75, 3.05) is 13.7 Å². The highest BCUT2D eigenvalue weighted by Crippen LogP contribution is 2.45. The van der Waals surface area contributed by atoms with Gasteiger partial charge in [-0.25, -0.2) is 14.2 Å². The van der Waals surface area contributed by atoms with Crippen LogP contribution in [0, 0.1) is 12.7 Å². The van der Waals surface area contributed by atoms with Crippen molar-refractivity contribution < 1.29 is 23.1 Å². The smallest absolute Gasteiger partial charge is 0.356 e. The molecule has 4 aromatic heterocycles. The molecule has 4 heterocycles. The second-order valence-electron chi connectivity index (χ2n) is 8.56. The van der Waals surface area contributed by atoms with E-state index >= 15 is 4.39 Å². The summed E-state index contributed by atoms with van der Waals surface area (Å²) >= 11 is 0. The van der Waals surface area contributed by atoms with Crippen molar-refractivity contribution in [1.29, 1.82) is 0 Å². The van der Waals surface area contributed by atoms with Crippen LogP contribution in [-0.4, -0.2) is 34.2 Å². The van der Waals surface area contributed by atoms with E-state index in [-0.39, 0.29) is 12.3 Å². The fourth-order valence-corrected chi connectivity index (χ4v) is 4.97. The van der Waals surface area contributed by atoms with Gasteiger partial charge in [0, 0.05) is 28.4 Å². The molecule has 2 aromatic carbocycles. The van der Waals surface area contributed by atoms with E-state index in [2.05, 4.69) is 9.97 Å². The maximum Gasteiger partial charge on any atom is 0.356 e. The molecule has 0 spiro atoms. The van der Waals surface area contributed by atoms with Crippen LogP contribution in [0.4, 0.5) is 4.39 Å². The number of fused-ring (bicyclic) bond motifs is 4. The fraction of sp³-hybridized carbons (Fsp3) is 0.138. The average molecular weight is 496 g/mol. The van der Waals surface area contributed by atoms with Crippen molar-refractivity contribution in [3.63, 3.8) is 0 Å². The number of hydrogen-bond donors (Lipinski definition) is 0. The molecule has 184 valence electrons. The second kappa shape index (κ2) is 8.74. The van der Waals surface area contributed by atoms with Crippen LogP contribution in [0.2, 0.25) is 0 Å². The monoisotopic (exact) mass is 495 g/mol. The molecule has 8 heteroatoms. The van der Waals surface area contributed by atoms with Gasteiger partial charge in [0.05, 0.1) is 47.5 Å². The number of nitrogens with zero attached hydrogens (tertiary/aromatic N) is 3. The lowest BCUT2D eigenvalue weighted by atomic mass is 10.0. The number of hydrogen-bond acceptors (Lipinski definition) is 6. The summed E-state index contributed by atoms with van der Waals surface area (Å²) < 4.78 is 34.1. The Labute approximate surface area is 211 Å². The highest BCUT2D eigenvalue weighted by atomic mass is 19.1. The molecule has 0 atom stereocenters. The van der Waals surface area contributed by atoms with Gasteiger partial charge in [0.2, 0.25) is 5.88 Å². The van der Waals surface area contributed by atoms with Crippen LogP contribution in [-0.2, 0) is 4.74 Å². The normalized spacial score (nSPS) is 11.5. The molecule has 7 nitrogen and oxygen atoms in total. The molecule has 0 bridgehead atoms. The predicted octanol–water partition coefficient (Wildman–Crippen LogP) is 6.62. The quantitative estimate of drug-likeness (QED) is 0.250. The number of methoxy groups -OCH3 is 1. The van der Waals surface area contributed by atoms with Crippen molar-refractivity contribution >= 4 is 38.7 Å². The molecule has 6 rings (SSSR count). The first-order valence-corrected chi connectivity index (χ1v) is 11.8. The largest absolute Gasteiger partial charge is 0.481 e. The first-order valence-electron chi connectivity index (χ1n) is 11.8. The summed E-state index contributed by atoms with van der Waals surface area (Å²) in [5.74, 6) is -0.727. The zero-order chi connectivity index (χ0) is 25.7. The van der Waals surface area contributed by atoms with Crippen LogP contribution in [0.3, 0.4) is 0 Å². The van der Waals surface area contributed by atoms with Crippen LogP contribution in [0.25, 0.3) is 49.6 Å². The number of carbonyl (C=O) groups is 1.